The van der Waals surface area contributed by atoms with Gasteiger partial charge in [0.2, 0.25) is 0 Å². The normalized spacial score (nSPS) is 13.3. The van der Waals surface area contributed by atoms with Gasteiger partial charge in [-0.2, -0.15) is 0 Å². The quantitative estimate of drug-likeness (QED) is 0.695. The van der Waals surface area contributed by atoms with E-state index in [0.29, 0.717) is 17.0 Å². The fourth-order valence-corrected chi connectivity index (χ4v) is 1.61. The van der Waals surface area contributed by atoms with Crippen LogP contribution >= 0.6 is 0 Å². The Morgan fingerprint density at radius 2 is 2.10 bits per heavy atom. The van der Waals surface area contributed by atoms with E-state index in [0.717, 1.165) is 0 Å². The van der Waals surface area contributed by atoms with E-state index in [1.54, 1.807) is 32.2 Å². The van der Waals surface area contributed by atoms with Crippen molar-refractivity contribution < 1.29 is 14.9 Å². The highest BCUT2D eigenvalue weighted by atomic mass is 16.5. The fourth-order valence-electron chi connectivity index (χ4n) is 1.61. The maximum Gasteiger partial charge on any atom is 0.123 e. The molecule has 1 rings (SSSR count). The molecule has 5 heteroatoms. The maximum atomic E-state index is 10.1. The second-order valence-electron chi connectivity index (χ2n) is 5.70. The van der Waals surface area contributed by atoms with Crippen LogP contribution in [0.4, 0.5) is 0 Å². The summed E-state index contributed by atoms with van der Waals surface area (Å²) in [5.74, 6) is 0.801. The summed E-state index contributed by atoms with van der Waals surface area (Å²) in [5, 5.41) is 19.7. The van der Waals surface area contributed by atoms with Crippen molar-refractivity contribution in [3.05, 3.63) is 29.8 Å². The van der Waals surface area contributed by atoms with Crippen molar-refractivity contribution in [3.8, 4) is 5.75 Å². The van der Waals surface area contributed by atoms with Gasteiger partial charge in [-0.05, 0) is 19.9 Å². The highest BCUT2D eigenvalue weighted by Gasteiger charge is 2.15. The molecule has 0 amide bonds. The minimum Gasteiger partial charge on any atom is -0.512 e. The second kappa shape index (κ2) is 6.72. The van der Waals surface area contributed by atoms with Gasteiger partial charge in [0.1, 0.15) is 18.1 Å². The number of allylic oxidation sites excluding steroid dienone is 1. The van der Waals surface area contributed by atoms with Crippen molar-refractivity contribution in [2.45, 2.75) is 33.3 Å². The Balaban J connectivity index is 3.00. The number of hydrogen-bond donors (Lipinski definition) is 3. The molecule has 0 unspecified atom stereocenters. The Bertz CT molecular complexity index is 476. The van der Waals surface area contributed by atoms with E-state index in [2.05, 4.69) is 4.98 Å². The van der Waals surface area contributed by atoms with E-state index < -0.39 is 5.60 Å². The van der Waals surface area contributed by atoms with E-state index >= 15 is 0 Å². The lowest BCUT2D eigenvalue weighted by Crippen LogP contribution is -2.27. The van der Waals surface area contributed by atoms with Crippen LogP contribution < -0.4 is 10.5 Å². The Labute approximate surface area is 120 Å². The summed E-state index contributed by atoms with van der Waals surface area (Å²) in [6.45, 7) is 7.50. The van der Waals surface area contributed by atoms with Crippen LogP contribution in [0, 0.1) is 5.92 Å². The summed E-state index contributed by atoms with van der Waals surface area (Å²) in [5.41, 5.74) is 5.99. The van der Waals surface area contributed by atoms with Gasteiger partial charge in [-0.3, -0.25) is 4.98 Å². The van der Waals surface area contributed by atoms with Crippen LogP contribution in [0.1, 0.15) is 33.4 Å². The highest BCUT2D eigenvalue weighted by Crippen LogP contribution is 2.23. The standard InChI is InChI=1S/C15H24N2O3/c1-10(2)14(18)12(8-16)13-7-11(5-6-17-13)20-9-15(3,4)19/h5-7,10,18-19H,8-9,16H2,1-4H3. The minimum absolute atomic E-state index is 0.0173. The summed E-state index contributed by atoms with van der Waals surface area (Å²) < 4.78 is 5.51. The topological polar surface area (TPSA) is 88.6 Å². The molecular weight excluding hydrogens is 256 g/mol. The monoisotopic (exact) mass is 280 g/mol. The Morgan fingerprint density at radius 1 is 1.45 bits per heavy atom. The van der Waals surface area contributed by atoms with Gasteiger partial charge in [-0.15, -0.1) is 0 Å². The molecule has 0 aromatic carbocycles. The number of ether oxygens (including phenoxy) is 1. The van der Waals surface area contributed by atoms with Crippen molar-refractivity contribution in [1.82, 2.24) is 4.98 Å². The SMILES string of the molecule is CC(C)C(O)=C(CN)c1cc(OCC(C)(C)O)ccn1. The molecule has 0 radical (unpaired) electrons. The van der Waals surface area contributed by atoms with Gasteiger partial charge in [0.15, 0.2) is 0 Å². The maximum absolute atomic E-state index is 10.1. The highest BCUT2D eigenvalue weighted by molar-refractivity contribution is 5.66. The number of hydrogen-bond acceptors (Lipinski definition) is 5. The lowest BCUT2D eigenvalue weighted by molar-refractivity contribution is 0.0284. The van der Waals surface area contributed by atoms with Crippen LogP contribution in [0.2, 0.25) is 0 Å². The number of nitrogens with zero attached hydrogens (tertiary/aromatic N) is 1. The van der Waals surface area contributed by atoms with Gasteiger partial charge in [-0.1, -0.05) is 13.8 Å². The summed E-state index contributed by atoms with van der Waals surface area (Å²) in [4.78, 5) is 4.22. The Morgan fingerprint density at radius 3 is 2.60 bits per heavy atom. The first-order chi connectivity index (χ1) is 9.24. The van der Waals surface area contributed by atoms with Crippen molar-refractivity contribution >= 4 is 5.57 Å². The summed E-state index contributed by atoms with van der Waals surface area (Å²) in [7, 11) is 0. The Kier molecular flexibility index (Phi) is 5.53. The second-order valence-corrected chi connectivity index (χ2v) is 5.70. The molecule has 0 fully saturated rings. The van der Waals surface area contributed by atoms with Gasteiger partial charge < -0.3 is 20.7 Å². The molecule has 0 saturated heterocycles. The molecule has 112 valence electrons. The number of aliphatic hydroxyl groups excluding tert-OH is 1. The largest absolute Gasteiger partial charge is 0.512 e. The molecule has 1 aromatic rings. The molecule has 5 nitrogen and oxygen atoms in total. The predicted molar refractivity (Wildman–Crippen MR) is 79.5 cm³/mol. The van der Waals surface area contributed by atoms with Crippen LogP contribution in [0.5, 0.6) is 5.75 Å². The van der Waals surface area contributed by atoms with Gasteiger partial charge in [-0.25, -0.2) is 0 Å². The zero-order valence-electron chi connectivity index (χ0n) is 12.6. The first kappa shape index (κ1) is 16.5. The van der Waals surface area contributed by atoms with Crippen LogP contribution in [-0.4, -0.2) is 33.9 Å². The van der Waals surface area contributed by atoms with E-state index in [1.165, 1.54) is 0 Å². The van der Waals surface area contributed by atoms with Gasteiger partial charge in [0.05, 0.1) is 11.3 Å². The number of aromatic nitrogens is 1. The molecule has 0 atom stereocenters. The summed E-state index contributed by atoms with van der Waals surface area (Å²) >= 11 is 0. The first-order valence-electron chi connectivity index (χ1n) is 6.68. The molecule has 0 aliphatic carbocycles. The average molecular weight is 280 g/mol. The lowest BCUT2D eigenvalue weighted by atomic mass is 10.0. The average Bonchev–Trinajstić information content (AvgIpc) is 2.37. The fraction of sp³-hybridized carbons (Fsp3) is 0.533. The van der Waals surface area contributed by atoms with E-state index in [9.17, 15) is 10.2 Å². The predicted octanol–water partition coefficient (Wildman–Crippen LogP) is 2.12. The third kappa shape index (κ3) is 4.83. The van der Waals surface area contributed by atoms with E-state index in [-0.39, 0.29) is 24.8 Å². The molecule has 1 heterocycles. The molecule has 20 heavy (non-hydrogen) atoms. The van der Waals surface area contributed by atoms with Gasteiger partial charge >= 0.3 is 0 Å². The molecule has 0 spiro atoms. The number of pyridine rings is 1. The van der Waals surface area contributed by atoms with Crippen molar-refractivity contribution in [2.24, 2.45) is 11.7 Å². The van der Waals surface area contributed by atoms with Crippen molar-refractivity contribution in [1.29, 1.82) is 0 Å². The van der Waals surface area contributed by atoms with Crippen LogP contribution in [0.15, 0.2) is 24.1 Å². The molecule has 4 N–H and O–H groups in total. The van der Waals surface area contributed by atoms with Gasteiger partial charge in [0, 0.05) is 30.3 Å². The van der Waals surface area contributed by atoms with Crippen LogP contribution in [-0.2, 0) is 0 Å². The molecule has 0 bridgehead atoms. The zero-order valence-corrected chi connectivity index (χ0v) is 12.6. The van der Waals surface area contributed by atoms with Crippen molar-refractivity contribution in [2.75, 3.05) is 13.2 Å². The molecular formula is C15H24N2O3. The smallest absolute Gasteiger partial charge is 0.123 e. The number of nitrogens with two attached hydrogens (primary N) is 1. The molecule has 0 aliphatic rings. The van der Waals surface area contributed by atoms with E-state index in [1.807, 2.05) is 13.8 Å². The van der Waals surface area contributed by atoms with Crippen LogP contribution in [0.3, 0.4) is 0 Å². The van der Waals surface area contributed by atoms with E-state index in [4.69, 9.17) is 10.5 Å². The van der Waals surface area contributed by atoms with Crippen molar-refractivity contribution in [3.63, 3.8) is 0 Å². The van der Waals surface area contributed by atoms with Crippen LogP contribution in [0.25, 0.3) is 5.57 Å². The lowest BCUT2D eigenvalue weighted by Gasteiger charge is -2.18. The Hall–Kier alpha value is -1.59. The first-order valence-corrected chi connectivity index (χ1v) is 6.68. The third-order valence-corrected chi connectivity index (χ3v) is 2.69. The number of rotatable bonds is 6. The molecule has 0 saturated carbocycles. The third-order valence-electron chi connectivity index (χ3n) is 2.69. The summed E-state index contributed by atoms with van der Waals surface area (Å²) in [6.07, 6.45) is 1.60. The summed E-state index contributed by atoms with van der Waals surface area (Å²) in [6, 6.07) is 3.42. The number of aliphatic hydroxyl groups is 2. The minimum atomic E-state index is -0.907. The zero-order chi connectivity index (χ0) is 15.3. The molecule has 1 aromatic heterocycles. The molecule has 0 aliphatic heterocycles. The van der Waals surface area contributed by atoms with Gasteiger partial charge in [0.25, 0.3) is 0 Å².